The third-order valence-electron chi connectivity index (χ3n) is 2.34. The van der Waals surface area contributed by atoms with Gasteiger partial charge in [0.1, 0.15) is 6.23 Å². The van der Waals surface area contributed by atoms with Crippen molar-refractivity contribution in [2.75, 3.05) is 23.7 Å². The van der Waals surface area contributed by atoms with Gasteiger partial charge in [-0.25, -0.2) is 0 Å². The van der Waals surface area contributed by atoms with E-state index in [0.717, 1.165) is 0 Å². The van der Waals surface area contributed by atoms with Crippen LogP contribution >= 0.6 is 0 Å². The lowest BCUT2D eigenvalue weighted by atomic mass is 10.2. The average Bonchev–Trinajstić information content (AvgIpc) is 2.20. The van der Waals surface area contributed by atoms with Crippen LogP contribution in [-0.2, 0) is 4.79 Å². The first-order valence-corrected chi connectivity index (χ1v) is 4.75. The van der Waals surface area contributed by atoms with Crippen LogP contribution in [0, 0.1) is 0 Å². The molecule has 1 aromatic carbocycles. The molecule has 1 unspecified atom stereocenters. The quantitative estimate of drug-likeness (QED) is 0.544. The zero-order valence-electron chi connectivity index (χ0n) is 8.18. The summed E-state index contributed by atoms with van der Waals surface area (Å²) in [7, 11) is 0. The van der Waals surface area contributed by atoms with E-state index in [4.69, 9.17) is 5.73 Å². The number of nitrogens with zero attached hydrogens (tertiary/aromatic N) is 1. The van der Waals surface area contributed by atoms with E-state index in [1.165, 1.54) is 4.90 Å². The van der Waals surface area contributed by atoms with E-state index >= 15 is 0 Å². The lowest BCUT2D eigenvalue weighted by molar-refractivity contribution is -0.121. The highest BCUT2D eigenvalue weighted by atomic mass is 16.3. The number of nitrogens with two attached hydrogens (primary N) is 1. The number of aliphatic hydroxyl groups is 1. The molecule has 4 N–H and O–H groups in total. The van der Waals surface area contributed by atoms with Gasteiger partial charge in [0.15, 0.2) is 0 Å². The fourth-order valence-electron chi connectivity index (χ4n) is 1.60. The van der Waals surface area contributed by atoms with Crippen molar-refractivity contribution < 1.29 is 9.90 Å². The first-order valence-electron chi connectivity index (χ1n) is 4.75. The molecule has 2 rings (SSSR count). The number of amides is 1. The molecule has 1 heterocycles. The van der Waals surface area contributed by atoms with E-state index in [1.54, 1.807) is 24.3 Å². The Balaban J connectivity index is 2.27. The van der Waals surface area contributed by atoms with Crippen LogP contribution < -0.4 is 16.0 Å². The van der Waals surface area contributed by atoms with E-state index < -0.39 is 6.23 Å². The van der Waals surface area contributed by atoms with Gasteiger partial charge in [-0.3, -0.25) is 9.69 Å². The first-order chi connectivity index (χ1) is 7.18. The fraction of sp³-hybridized carbons (Fsp3) is 0.300. The zero-order chi connectivity index (χ0) is 10.8. The zero-order valence-corrected chi connectivity index (χ0v) is 8.18. The summed E-state index contributed by atoms with van der Waals surface area (Å²) < 4.78 is 0. The maximum absolute atomic E-state index is 11.6. The van der Waals surface area contributed by atoms with Crippen LogP contribution in [0.15, 0.2) is 24.3 Å². The van der Waals surface area contributed by atoms with Gasteiger partial charge in [-0.15, -0.1) is 0 Å². The van der Waals surface area contributed by atoms with Crippen molar-refractivity contribution in [3.05, 3.63) is 24.3 Å². The molecule has 0 saturated carbocycles. The van der Waals surface area contributed by atoms with E-state index in [-0.39, 0.29) is 12.5 Å². The van der Waals surface area contributed by atoms with Crippen molar-refractivity contribution in [1.29, 1.82) is 0 Å². The molecule has 1 saturated heterocycles. The highest BCUT2D eigenvalue weighted by Crippen LogP contribution is 2.19. The van der Waals surface area contributed by atoms with Gasteiger partial charge in [0.05, 0.1) is 6.54 Å². The second-order valence-corrected chi connectivity index (χ2v) is 3.47. The van der Waals surface area contributed by atoms with Gasteiger partial charge in [0.25, 0.3) is 0 Å². The summed E-state index contributed by atoms with van der Waals surface area (Å²) in [6, 6.07) is 6.86. The molecule has 0 aliphatic carbocycles. The number of benzene rings is 1. The van der Waals surface area contributed by atoms with Crippen LogP contribution in [0.1, 0.15) is 0 Å². The Morgan fingerprint density at radius 3 is 2.67 bits per heavy atom. The molecule has 1 atom stereocenters. The Morgan fingerprint density at radius 1 is 1.40 bits per heavy atom. The highest BCUT2D eigenvalue weighted by molar-refractivity contribution is 5.96. The second kappa shape index (κ2) is 3.88. The highest BCUT2D eigenvalue weighted by Gasteiger charge is 2.26. The number of nitrogen functional groups attached to an aromatic ring is 1. The average molecular weight is 207 g/mol. The van der Waals surface area contributed by atoms with Crippen LogP contribution in [0.2, 0.25) is 0 Å². The smallest absolute Gasteiger partial charge is 0.243 e. The van der Waals surface area contributed by atoms with Crippen LogP contribution in [0.5, 0.6) is 0 Å². The van der Waals surface area contributed by atoms with Gasteiger partial charge >= 0.3 is 0 Å². The monoisotopic (exact) mass is 207 g/mol. The predicted molar refractivity (Wildman–Crippen MR) is 57.2 cm³/mol. The molecule has 1 fully saturated rings. The molecule has 0 aromatic heterocycles. The topological polar surface area (TPSA) is 78.6 Å². The summed E-state index contributed by atoms with van der Waals surface area (Å²) in [6.45, 7) is 0.636. The van der Waals surface area contributed by atoms with Gasteiger partial charge in [0.2, 0.25) is 5.91 Å². The molecule has 0 spiro atoms. The minimum atomic E-state index is -0.810. The third-order valence-corrected chi connectivity index (χ3v) is 2.34. The Kier molecular flexibility index (Phi) is 2.57. The van der Waals surface area contributed by atoms with Crippen molar-refractivity contribution in [2.45, 2.75) is 6.23 Å². The lowest BCUT2D eigenvalue weighted by Crippen LogP contribution is -2.55. The molecular formula is C10H13N3O2. The molecule has 1 aliphatic rings. The largest absolute Gasteiger partial charge is 0.399 e. The minimum absolute atomic E-state index is 0.140. The molecule has 1 aliphatic heterocycles. The third kappa shape index (κ3) is 1.93. The van der Waals surface area contributed by atoms with Crippen molar-refractivity contribution in [3.8, 4) is 0 Å². The molecule has 5 nitrogen and oxygen atoms in total. The Labute approximate surface area is 87.5 Å². The molecule has 0 bridgehead atoms. The number of piperazine rings is 1. The summed E-state index contributed by atoms with van der Waals surface area (Å²) in [5.74, 6) is -0.140. The number of hydrogen-bond acceptors (Lipinski definition) is 4. The van der Waals surface area contributed by atoms with Crippen molar-refractivity contribution in [3.63, 3.8) is 0 Å². The molecule has 1 amide bonds. The number of hydrogen-bond donors (Lipinski definition) is 3. The van der Waals surface area contributed by atoms with Crippen LogP contribution in [0.25, 0.3) is 0 Å². The Morgan fingerprint density at radius 2 is 2.07 bits per heavy atom. The standard InChI is InChI=1S/C10H13N3O2/c11-7-1-3-8(4-2-7)13-9(14)5-12-6-10(13)15/h1-4,9,12,14H,5-6,11H2. The summed E-state index contributed by atoms with van der Waals surface area (Å²) in [6.07, 6.45) is -0.810. The van der Waals surface area contributed by atoms with E-state index in [0.29, 0.717) is 17.9 Å². The lowest BCUT2D eigenvalue weighted by Gasteiger charge is -2.32. The fourth-order valence-corrected chi connectivity index (χ4v) is 1.60. The van der Waals surface area contributed by atoms with E-state index in [2.05, 4.69) is 5.32 Å². The number of aliphatic hydroxyl groups excluding tert-OH is 1. The van der Waals surface area contributed by atoms with Crippen molar-refractivity contribution >= 4 is 17.3 Å². The SMILES string of the molecule is Nc1ccc(N2C(=O)CNCC2O)cc1. The molecule has 5 heteroatoms. The maximum atomic E-state index is 11.6. The van der Waals surface area contributed by atoms with Crippen LogP contribution in [0.3, 0.4) is 0 Å². The van der Waals surface area contributed by atoms with Crippen LogP contribution in [0.4, 0.5) is 11.4 Å². The van der Waals surface area contributed by atoms with Gasteiger partial charge in [0, 0.05) is 17.9 Å². The molecule has 80 valence electrons. The van der Waals surface area contributed by atoms with Crippen molar-refractivity contribution in [1.82, 2.24) is 5.32 Å². The second-order valence-electron chi connectivity index (χ2n) is 3.47. The Bertz CT molecular complexity index is 363. The number of rotatable bonds is 1. The predicted octanol–water partition coefficient (Wildman–Crippen LogP) is -0.477. The number of carbonyl (C=O) groups is 1. The molecule has 1 aromatic rings. The summed E-state index contributed by atoms with van der Waals surface area (Å²) in [5, 5.41) is 12.5. The summed E-state index contributed by atoms with van der Waals surface area (Å²) in [5.41, 5.74) is 6.85. The summed E-state index contributed by atoms with van der Waals surface area (Å²) in [4.78, 5) is 12.9. The minimum Gasteiger partial charge on any atom is -0.399 e. The van der Waals surface area contributed by atoms with E-state index in [1.807, 2.05) is 0 Å². The summed E-state index contributed by atoms with van der Waals surface area (Å²) >= 11 is 0. The first kappa shape index (κ1) is 9.95. The van der Waals surface area contributed by atoms with Crippen molar-refractivity contribution in [2.24, 2.45) is 0 Å². The van der Waals surface area contributed by atoms with Gasteiger partial charge in [-0.2, -0.15) is 0 Å². The van der Waals surface area contributed by atoms with E-state index in [9.17, 15) is 9.90 Å². The van der Waals surface area contributed by atoms with Gasteiger partial charge in [-0.1, -0.05) is 0 Å². The number of carbonyl (C=O) groups excluding carboxylic acids is 1. The molecular weight excluding hydrogens is 194 g/mol. The van der Waals surface area contributed by atoms with Gasteiger partial charge in [-0.05, 0) is 24.3 Å². The maximum Gasteiger partial charge on any atom is 0.243 e. The number of anilines is 2. The normalized spacial score (nSPS) is 21.8. The molecule has 0 radical (unpaired) electrons. The number of β-amino-alcohol motifs (C(OH)–C–C–N with tert-alkyl or cyclic N) is 1. The van der Waals surface area contributed by atoms with Gasteiger partial charge < -0.3 is 16.2 Å². The van der Waals surface area contributed by atoms with Crippen LogP contribution in [-0.4, -0.2) is 30.3 Å². The Hall–Kier alpha value is -1.59. The number of nitrogens with one attached hydrogen (secondary N) is 1. The molecule has 15 heavy (non-hydrogen) atoms.